The zero-order valence-corrected chi connectivity index (χ0v) is 21.0. The van der Waals surface area contributed by atoms with Gasteiger partial charge >= 0.3 is 0 Å². The van der Waals surface area contributed by atoms with Crippen LogP contribution in [0.2, 0.25) is 0 Å². The number of methoxy groups -OCH3 is 1. The van der Waals surface area contributed by atoms with Crippen molar-refractivity contribution in [1.82, 2.24) is 4.90 Å². The second-order valence-electron chi connectivity index (χ2n) is 9.34. The molecule has 1 aliphatic rings. The van der Waals surface area contributed by atoms with Crippen LogP contribution in [0.5, 0.6) is 5.75 Å². The number of rotatable bonds is 8. The van der Waals surface area contributed by atoms with Crippen molar-refractivity contribution in [3.8, 4) is 5.75 Å². The fourth-order valence-electron chi connectivity index (χ4n) is 4.57. The van der Waals surface area contributed by atoms with Crippen LogP contribution in [0.4, 0.5) is 5.69 Å². The molecule has 6 nitrogen and oxygen atoms in total. The lowest BCUT2D eigenvalue weighted by molar-refractivity contribution is -0.137. The fourth-order valence-corrected chi connectivity index (χ4v) is 4.57. The molecule has 184 valence electrons. The Balaban J connectivity index is 1.53. The zero-order chi connectivity index (χ0) is 24.9. The van der Waals surface area contributed by atoms with Gasteiger partial charge < -0.3 is 19.7 Å². The summed E-state index contributed by atoms with van der Waals surface area (Å²) in [5.74, 6) is 0.121. The second kappa shape index (κ2) is 10.9. The Hall–Kier alpha value is -3.38. The highest BCUT2D eigenvalue weighted by Crippen LogP contribution is 2.27. The van der Waals surface area contributed by atoms with Gasteiger partial charge in [-0.1, -0.05) is 36.4 Å². The lowest BCUT2D eigenvalue weighted by Gasteiger charge is -2.28. The van der Waals surface area contributed by atoms with Gasteiger partial charge in [-0.3, -0.25) is 9.59 Å². The van der Waals surface area contributed by atoms with Crippen LogP contribution in [0.3, 0.4) is 0 Å². The van der Waals surface area contributed by atoms with Gasteiger partial charge in [-0.25, -0.2) is 0 Å². The molecular weight excluding hydrogens is 440 g/mol. The van der Waals surface area contributed by atoms with Gasteiger partial charge in [0.1, 0.15) is 5.75 Å². The van der Waals surface area contributed by atoms with Crippen LogP contribution in [0.25, 0.3) is 10.8 Å². The molecule has 1 saturated heterocycles. The number of aryl methyl sites for hydroxylation is 1. The van der Waals surface area contributed by atoms with Crippen molar-refractivity contribution < 1.29 is 19.1 Å². The molecule has 2 atom stereocenters. The summed E-state index contributed by atoms with van der Waals surface area (Å²) in [5, 5.41) is 5.08. The molecule has 0 radical (unpaired) electrons. The molecule has 4 rings (SSSR count). The summed E-state index contributed by atoms with van der Waals surface area (Å²) in [6, 6.07) is 17.7. The molecule has 2 amide bonds. The predicted octanol–water partition coefficient (Wildman–Crippen LogP) is 5.22. The first-order valence-corrected chi connectivity index (χ1v) is 12.2. The standard InChI is InChI=1S/C29H34N2O4/c1-19-7-5-9-27(20(19)2)30-28(32)18-31(17-26-8-6-14-35-26)29(33)21(3)22-10-11-24-16-25(34-4)13-12-23(24)15-22/h5,7,9-13,15-16,21,26H,6,8,14,17-18H2,1-4H3,(H,30,32)/t21-,26+/m1/s1. The Morgan fingerprint density at radius 3 is 2.63 bits per heavy atom. The summed E-state index contributed by atoms with van der Waals surface area (Å²) < 4.78 is 11.1. The van der Waals surface area contributed by atoms with Crippen molar-refractivity contribution in [2.45, 2.75) is 45.6 Å². The number of carbonyl (C=O) groups excluding carboxylic acids is 2. The van der Waals surface area contributed by atoms with Gasteiger partial charge in [0, 0.05) is 18.8 Å². The van der Waals surface area contributed by atoms with Gasteiger partial charge in [0.25, 0.3) is 0 Å². The normalized spacial score (nSPS) is 16.2. The number of ether oxygens (including phenoxy) is 2. The van der Waals surface area contributed by atoms with Crippen molar-refractivity contribution in [1.29, 1.82) is 0 Å². The third kappa shape index (κ3) is 5.82. The minimum absolute atomic E-state index is 0.0127. The summed E-state index contributed by atoms with van der Waals surface area (Å²) in [7, 11) is 1.65. The van der Waals surface area contributed by atoms with Gasteiger partial charge in [-0.2, -0.15) is 0 Å². The Bertz CT molecular complexity index is 1220. The molecule has 1 aliphatic heterocycles. The summed E-state index contributed by atoms with van der Waals surface area (Å²) in [4.78, 5) is 28.3. The van der Waals surface area contributed by atoms with E-state index in [0.717, 1.165) is 51.7 Å². The maximum Gasteiger partial charge on any atom is 0.244 e. The van der Waals surface area contributed by atoms with Crippen LogP contribution in [0.1, 0.15) is 42.4 Å². The second-order valence-corrected chi connectivity index (χ2v) is 9.34. The average Bonchev–Trinajstić information content (AvgIpc) is 3.38. The van der Waals surface area contributed by atoms with Crippen LogP contribution >= 0.6 is 0 Å². The van der Waals surface area contributed by atoms with Gasteiger partial charge in [0.2, 0.25) is 11.8 Å². The largest absolute Gasteiger partial charge is 0.497 e. The monoisotopic (exact) mass is 474 g/mol. The molecule has 0 aromatic heterocycles. The van der Waals surface area contributed by atoms with E-state index in [9.17, 15) is 9.59 Å². The topological polar surface area (TPSA) is 67.9 Å². The van der Waals surface area contributed by atoms with E-state index in [1.54, 1.807) is 12.0 Å². The summed E-state index contributed by atoms with van der Waals surface area (Å²) in [5.41, 5.74) is 3.83. The Kier molecular flexibility index (Phi) is 7.71. The van der Waals surface area contributed by atoms with E-state index in [0.29, 0.717) is 13.2 Å². The number of fused-ring (bicyclic) bond motifs is 1. The van der Waals surface area contributed by atoms with Gasteiger partial charge in [0.05, 0.1) is 25.7 Å². The maximum absolute atomic E-state index is 13.6. The minimum atomic E-state index is -0.392. The number of nitrogens with one attached hydrogen (secondary N) is 1. The van der Waals surface area contributed by atoms with Gasteiger partial charge in [-0.05, 0) is 79.3 Å². The SMILES string of the molecule is COc1ccc2cc([C@@H](C)C(=O)N(CC(=O)Nc3cccc(C)c3C)C[C@@H]3CCCO3)ccc2c1. The van der Waals surface area contributed by atoms with E-state index in [1.807, 2.05) is 75.4 Å². The highest BCUT2D eigenvalue weighted by Gasteiger charge is 2.28. The minimum Gasteiger partial charge on any atom is -0.497 e. The van der Waals surface area contributed by atoms with E-state index >= 15 is 0 Å². The molecule has 0 saturated carbocycles. The summed E-state index contributed by atoms with van der Waals surface area (Å²) >= 11 is 0. The van der Waals surface area contributed by atoms with Crippen LogP contribution in [-0.2, 0) is 14.3 Å². The molecule has 6 heteroatoms. The lowest BCUT2D eigenvalue weighted by atomic mass is 9.96. The van der Waals surface area contributed by atoms with Crippen LogP contribution in [-0.4, -0.2) is 49.6 Å². The predicted molar refractivity (Wildman–Crippen MR) is 139 cm³/mol. The maximum atomic E-state index is 13.6. The number of amides is 2. The molecule has 0 spiro atoms. The summed E-state index contributed by atoms with van der Waals surface area (Å²) in [6.07, 6.45) is 1.84. The van der Waals surface area contributed by atoms with Crippen LogP contribution in [0.15, 0.2) is 54.6 Å². The van der Waals surface area contributed by atoms with E-state index < -0.39 is 5.92 Å². The number of nitrogens with zero attached hydrogens (tertiary/aromatic N) is 1. The fraction of sp³-hybridized carbons (Fsp3) is 0.379. The Morgan fingerprint density at radius 2 is 1.89 bits per heavy atom. The van der Waals surface area contributed by atoms with E-state index in [4.69, 9.17) is 9.47 Å². The molecule has 3 aromatic rings. The number of hydrogen-bond donors (Lipinski definition) is 1. The molecule has 0 aliphatic carbocycles. The number of benzene rings is 3. The van der Waals surface area contributed by atoms with Crippen molar-refractivity contribution in [3.63, 3.8) is 0 Å². The highest BCUT2D eigenvalue weighted by molar-refractivity contribution is 5.96. The van der Waals surface area contributed by atoms with E-state index in [1.165, 1.54) is 0 Å². The molecule has 0 bridgehead atoms. The lowest BCUT2D eigenvalue weighted by Crippen LogP contribution is -2.44. The summed E-state index contributed by atoms with van der Waals surface area (Å²) in [6.45, 7) is 7.00. The van der Waals surface area contributed by atoms with E-state index in [-0.39, 0.29) is 24.5 Å². The van der Waals surface area contributed by atoms with Crippen LogP contribution in [0, 0.1) is 13.8 Å². The Morgan fingerprint density at radius 1 is 1.11 bits per heavy atom. The molecule has 3 aromatic carbocycles. The average molecular weight is 475 g/mol. The van der Waals surface area contributed by atoms with Crippen LogP contribution < -0.4 is 10.1 Å². The first-order valence-electron chi connectivity index (χ1n) is 12.2. The third-order valence-electron chi connectivity index (χ3n) is 6.91. The van der Waals surface area contributed by atoms with Gasteiger partial charge in [-0.15, -0.1) is 0 Å². The number of carbonyl (C=O) groups is 2. The quantitative estimate of drug-likeness (QED) is 0.486. The van der Waals surface area contributed by atoms with Crippen molar-refractivity contribution in [3.05, 3.63) is 71.3 Å². The number of anilines is 1. The smallest absolute Gasteiger partial charge is 0.244 e. The molecule has 0 unspecified atom stereocenters. The van der Waals surface area contributed by atoms with Gasteiger partial charge in [0.15, 0.2) is 0 Å². The Labute approximate surface area is 207 Å². The molecule has 1 heterocycles. The first kappa shape index (κ1) is 24.7. The highest BCUT2D eigenvalue weighted by atomic mass is 16.5. The van der Waals surface area contributed by atoms with Crippen molar-refractivity contribution >= 4 is 28.3 Å². The molecular formula is C29H34N2O4. The molecule has 35 heavy (non-hydrogen) atoms. The van der Waals surface area contributed by atoms with Crippen molar-refractivity contribution in [2.75, 3.05) is 32.1 Å². The molecule has 1 fully saturated rings. The first-order chi connectivity index (χ1) is 16.9. The molecule has 1 N–H and O–H groups in total. The van der Waals surface area contributed by atoms with E-state index in [2.05, 4.69) is 5.32 Å². The number of hydrogen-bond acceptors (Lipinski definition) is 4. The zero-order valence-electron chi connectivity index (χ0n) is 21.0. The van der Waals surface area contributed by atoms with Crippen molar-refractivity contribution in [2.24, 2.45) is 0 Å². The third-order valence-corrected chi connectivity index (χ3v) is 6.91.